The second-order valence-corrected chi connectivity index (χ2v) is 8.61. The van der Waals surface area contributed by atoms with Crippen molar-refractivity contribution < 1.29 is 9.72 Å². The van der Waals surface area contributed by atoms with Crippen molar-refractivity contribution in [3.05, 3.63) is 45.0 Å². The molecule has 0 radical (unpaired) electrons. The van der Waals surface area contributed by atoms with Crippen LogP contribution in [-0.4, -0.2) is 33.8 Å². The molecule has 1 unspecified atom stereocenters. The minimum absolute atomic E-state index is 0.0437. The molecule has 0 N–H and O–H groups in total. The minimum atomic E-state index is -0.426. The van der Waals surface area contributed by atoms with Crippen LogP contribution in [0.25, 0.3) is 0 Å². The molecule has 1 aromatic carbocycles. The van der Waals surface area contributed by atoms with E-state index in [4.69, 9.17) is 0 Å². The van der Waals surface area contributed by atoms with Gasteiger partial charge in [0.1, 0.15) is 0 Å². The molecule has 1 saturated heterocycles. The van der Waals surface area contributed by atoms with Crippen molar-refractivity contribution in [1.29, 1.82) is 0 Å². The van der Waals surface area contributed by atoms with Gasteiger partial charge in [0, 0.05) is 35.8 Å². The van der Waals surface area contributed by atoms with Gasteiger partial charge in [-0.05, 0) is 37.8 Å². The molecule has 2 aromatic rings. The fraction of sp³-hybridized carbons (Fsp3) is 0.444. The lowest BCUT2D eigenvalue weighted by atomic mass is 9.95. The first kappa shape index (κ1) is 18.8. The molecular weight excluding hydrogens is 370 g/mol. The molecule has 0 bridgehead atoms. The van der Waals surface area contributed by atoms with Crippen molar-refractivity contribution in [3.8, 4) is 0 Å². The van der Waals surface area contributed by atoms with E-state index in [1.165, 1.54) is 29.2 Å². The van der Waals surface area contributed by atoms with E-state index in [9.17, 15) is 14.9 Å². The van der Waals surface area contributed by atoms with Crippen molar-refractivity contribution in [3.63, 3.8) is 0 Å². The number of hydrogen-bond donors (Lipinski definition) is 0. The fourth-order valence-corrected chi connectivity index (χ4v) is 5.00. The third-order valence-corrected chi connectivity index (χ3v) is 6.70. The van der Waals surface area contributed by atoms with E-state index in [0.717, 1.165) is 42.4 Å². The number of amides is 1. The number of nitro benzene ring substituents is 1. The summed E-state index contributed by atoms with van der Waals surface area (Å²) in [6.45, 7) is 5.48. The van der Waals surface area contributed by atoms with Crippen LogP contribution >= 0.6 is 23.1 Å². The first-order valence-corrected chi connectivity index (χ1v) is 10.3. The number of hydrogen-bond acceptors (Lipinski definition) is 6. The number of aromatic nitrogens is 1. The Hall–Kier alpha value is -1.93. The molecule has 1 amide bonds. The molecule has 0 spiro atoms. The highest BCUT2D eigenvalue weighted by Crippen LogP contribution is 2.37. The van der Waals surface area contributed by atoms with Gasteiger partial charge in [-0.25, -0.2) is 4.98 Å². The summed E-state index contributed by atoms with van der Waals surface area (Å²) in [7, 11) is 0. The average Bonchev–Trinajstić information content (AvgIpc) is 3.06. The predicted molar refractivity (Wildman–Crippen MR) is 103 cm³/mol. The number of benzene rings is 1. The Balaban J connectivity index is 1.83. The molecule has 1 aliphatic rings. The second kappa shape index (κ2) is 8.18. The van der Waals surface area contributed by atoms with Crippen LogP contribution in [0.3, 0.4) is 0 Å². The van der Waals surface area contributed by atoms with Crippen LogP contribution in [0.2, 0.25) is 0 Å². The van der Waals surface area contributed by atoms with Crippen LogP contribution in [0.4, 0.5) is 5.69 Å². The van der Waals surface area contributed by atoms with Gasteiger partial charge in [-0.3, -0.25) is 14.9 Å². The van der Waals surface area contributed by atoms with Crippen molar-refractivity contribution in [2.75, 3.05) is 13.1 Å². The SMILES string of the molecule is CCC1CCCN(C(=O)c2ccc(Sc3nc(C)cs3)c([N+](=O)[O-])c2)C1. The average molecular weight is 392 g/mol. The number of carbonyl (C=O) groups excluding carboxylic acids is 1. The summed E-state index contributed by atoms with van der Waals surface area (Å²) in [5.74, 6) is 0.401. The zero-order valence-corrected chi connectivity index (χ0v) is 16.4. The van der Waals surface area contributed by atoms with Gasteiger partial charge in [-0.15, -0.1) is 11.3 Å². The van der Waals surface area contributed by atoms with E-state index in [-0.39, 0.29) is 11.6 Å². The molecule has 1 aliphatic heterocycles. The van der Waals surface area contributed by atoms with Crippen LogP contribution in [0, 0.1) is 23.0 Å². The Bertz CT molecular complexity index is 822. The Kier molecular flexibility index (Phi) is 5.93. The molecular formula is C18H21N3O3S2. The van der Waals surface area contributed by atoms with Crippen LogP contribution in [0.5, 0.6) is 0 Å². The largest absolute Gasteiger partial charge is 0.338 e. The number of carbonyl (C=O) groups is 1. The maximum atomic E-state index is 12.8. The molecule has 26 heavy (non-hydrogen) atoms. The van der Waals surface area contributed by atoms with Gasteiger partial charge >= 0.3 is 0 Å². The van der Waals surface area contributed by atoms with Crippen molar-refractivity contribution in [1.82, 2.24) is 9.88 Å². The maximum absolute atomic E-state index is 12.8. The highest BCUT2D eigenvalue weighted by Gasteiger charge is 2.26. The first-order valence-electron chi connectivity index (χ1n) is 8.65. The van der Waals surface area contributed by atoms with E-state index >= 15 is 0 Å². The summed E-state index contributed by atoms with van der Waals surface area (Å²) in [4.78, 5) is 30.6. The molecule has 6 nitrogen and oxygen atoms in total. The molecule has 1 atom stereocenters. The smallest absolute Gasteiger partial charge is 0.284 e. The van der Waals surface area contributed by atoms with Crippen LogP contribution in [0.1, 0.15) is 42.2 Å². The third-order valence-electron chi connectivity index (χ3n) is 4.58. The van der Waals surface area contributed by atoms with Gasteiger partial charge < -0.3 is 4.90 Å². The van der Waals surface area contributed by atoms with E-state index in [1.807, 2.05) is 17.2 Å². The maximum Gasteiger partial charge on any atom is 0.284 e. The molecule has 0 saturated carbocycles. The molecule has 8 heteroatoms. The second-order valence-electron chi connectivity index (χ2n) is 6.46. The molecule has 0 aliphatic carbocycles. The Morgan fingerprint density at radius 2 is 2.31 bits per heavy atom. The summed E-state index contributed by atoms with van der Waals surface area (Å²) in [6.07, 6.45) is 3.18. The van der Waals surface area contributed by atoms with Crippen LogP contribution in [-0.2, 0) is 0 Å². The molecule has 1 fully saturated rings. The molecule has 138 valence electrons. The van der Waals surface area contributed by atoms with Gasteiger partial charge in [-0.1, -0.05) is 25.1 Å². The Labute approximate surface area is 160 Å². The van der Waals surface area contributed by atoms with Gasteiger partial charge in [0.2, 0.25) is 0 Å². The topological polar surface area (TPSA) is 76.3 Å². The Morgan fingerprint density at radius 1 is 1.50 bits per heavy atom. The minimum Gasteiger partial charge on any atom is -0.338 e. The normalized spacial score (nSPS) is 17.3. The quantitative estimate of drug-likeness (QED) is 0.542. The number of thiazole rings is 1. The van der Waals surface area contributed by atoms with Gasteiger partial charge in [0.25, 0.3) is 11.6 Å². The van der Waals surface area contributed by atoms with E-state index < -0.39 is 4.92 Å². The molecule has 3 rings (SSSR count). The lowest BCUT2D eigenvalue weighted by Crippen LogP contribution is -2.39. The standard InChI is InChI=1S/C18H21N3O3S2/c1-3-13-5-4-8-20(10-13)17(22)14-6-7-16(15(9-14)21(23)24)26-18-19-12(2)11-25-18/h6-7,9,11,13H,3-5,8,10H2,1-2H3. The first-order chi connectivity index (χ1) is 12.5. The van der Waals surface area contributed by atoms with Crippen molar-refractivity contribution >= 4 is 34.7 Å². The lowest BCUT2D eigenvalue weighted by molar-refractivity contribution is -0.387. The van der Waals surface area contributed by atoms with Gasteiger partial charge in [0.05, 0.1) is 9.82 Å². The molecule has 2 heterocycles. The number of rotatable bonds is 5. The van der Waals surface area contributed by atoms with Crippen LogP contribution < -0.4 is 0 Å². The summed E-state index contributed by atoms with van der Waals surface area (Å²) >= 11 is 2.72. The van der Waals surface area contributed by atoms with Crippen molar-refractivity contribution in [2.24, 2.45) is 5.92 Å². The number of nitrogens with zero attached hydrogens (tertiary/aromatic N) is 3. The number of nitro groups is 1. The highest BCUT2D eigenvalue weighted by atomic mass is 32.2. The van der Waals surface area contributed by atoms with E-state index in [0.29, 0.717) is 16.4 Å². The van der Waals surface area contributed by atoms with Crippen LogP contribution in [0.15, 0.2) is 32.8 Å². The summed E-state index contributed by atoms with van der Waals surface area (Å²) < 4.78 is 0.756. The van der Waals surface area contributed by atoms with Gasteiger partial charge in [-0.2, -0.15) is 0 Å². The molecule has 1 aromatic heterocycles. The number of piperidine rings is 1. The Morgan fingerprint density at radius 3 is 2.96 bits per heavy atom. The number of aryl methyl sites for hydroxylation is 1. The number of likely N-dealkylation sites (tertiary alicyclic amines) is 1. The highest BCUT2D eigenvalue weighted by molar-refractivity contribution is 8.01. The van der Waals surface area contributed by atoms with Gasteiger partial charge in [0.15, 0.2) is 4.34 Å². The lowest BCUT2D eigenvalue weighted by Gasteiger charge is -2.32. The summed E-state index contributed by atoms with van der Waals surface area (Å²) in [6, 6.07) is 4.75. The fourth-order valence-electron chi connectivity index (χ4n) is 3.12. The van der Waals surface area contributed by atoms with Crippen molar-refractivity contribution in [2.45, 2.75) is 42.3 Å². The zero-order chi connectivity index (χ0) is 18.7. The van der Waals surface area contributed by atoms with E-state index in [1.54, 1.807) is 12.1 Å². The van der Waals surface area contributed by atoms with E-state index in [2.05, 4.69) is 11.9 Å². The monoisotopic (exact) mass is 391 g/mol. The summed E-state index contributed by atoms with van der Waals surface area (Å²) in [5.41, 5.74) is 1.23. The summed E-state index contributed by atoms with van der Waals surface area (Å²) in [5, 5.41) is 13.4. The zero-order valence-electron chi connectivity index (χ0n) is 14.8. The third kappa shape index (κ3) is 4.24. The predicted octanol–water partition coefficient (Wildman–Crippen LogP) is 4.77.